The van der Waals surface area contributed by atoms with E-state index in [1.807, 2.05) is 0 Å². The Bertz CT molecular complexity index is 3960. The Morgan fingerprint density at radius 1 is 0.200 bits per heavy atom. The van der Waals surface area contributed by atoms with E-state index in [1.165, 1.54) is 109 Å². The van der Waals surface area contributed by atoms with Crippen molar-refractivity contribution in [1.82, 2.24) is 13.7 Å². The maximum atomic E-state index is 2.42. The van der Waals surface area contributed by atoms with Gasteiger partial charge in [-0.15, -0.1) is 0 Å². The van der Waals surface area contributed by atoms with Crippen molar-refractivity contribution in [2.24, 2.45) is 0 Å². The predicted octanol–water partition coefficient (Wildman–Crippen LogP) is 16.6. The minimum atomic E-state index is 1.15. The molecule has 14 rings (SSSR count). The number of aromatic nitrogens is 3. The molecule has 0 atom stereocenters. The van der Waals surface area contributed by atoms with Crippen LogP contribution >= 0.6 is 0 Å². The maximum Gasteiger partial charge on any atom is 0.0547 e. The normalized spacial score (nSPS) is 12.0. The van der Waals surface area contributed by atoms with Gasteiger partial charge in [0.1, 0.15) is 0 Å². The van der Waals surface area contributed by atoms with Crippen molar-refractivity contribution >= 4 is 87.0 Å². The Morgan fingerprint density at radius 2 is 0.492 bits per heavy atom. The number of fused-ring (bicyclic) bond motifs is 13. The number of benzene rings is 11. The summed E-state index contributed by atoms with van der Waals surface area (Å²) in [6, 6.07) is 87.0. The van der Waals surface area contributed by atoms with E-state index in [0.29, 0.717) is 0 Å². The van der Waals surface area contributed by atoms with E-state index in [9.17, 15) is 0 Å². The molecule has 14 aromatic rings. The van der Waals surface area contributed by atoms with Crippen molar-refractivity contribution in [2.75, 3.05) is 0 Å². The zero-order valence-electron chi connectivity index (χ0n) is 35.4. The van der Waals surface area contributed by atoms with Crippen molar-refractivity contribution in [1.29, 1.82) is 0 Å². The Hall–Kier alpha value is -8.66. The van der Waals surface area contributed by atoms with Crippen LogP contribution in [0.4, 0.5) is 0 Å². The third-order valence-electron chi connectivity index (χ3n) is 13.8. The molecule has 65 heavy (non-hydrogen) atoms. The summed E-state index contributed by atoms with van der Waals surface area (Å²) in [7, 11) is 0. The van der Waals surface area contributed by atoms with Crippen LogP contribution in [0.5, 0.6) is 0 Å². The van der Waals surface area contributed by atoms with Gasteiger partial charge < -0.3 is 13.7 Å². The van der Waals surface area contributed by atoms with Gasteiger partial charge in [-0.25, -0.2) is 0 Å². The van der Waals surface area contributed by atoms with Gasteiger partial charge in [0.05, 0.1) is 33.1 Å². The molecule has 3 heteroatoms. The van der Waals surface area contributed by atoms with Gasteiger partial charge in [-0.05, 0) is 141 Å². The summed E-state index contributed by atoms with van der Waals surface area (Å²) in [5.41, 5.74) is 15.5. The van der Waals surface area contributed by atoms with Crippen LogP contribution in [0.3, 0.4) is 0 Å². The molecule has 302 valence electrons. The fraction of sp³-hybridized carbons (Fsp3) is 0. The van der Waals surface area contributed by atoms with Crippen LogP contribution in [-0.2, 0) is 0 Å². The first-order valence-corrected chi connectivity index (χ1v) is 22.4. The first-order chi connectivity index (χ1) is 32.2. The molecular weight excluding hydrogens is 787 g/mol. The average molecular weight is 826 g/mol. The van der Waals surface area contributed by atoms with Gasteiger partial charge >= 0.3 is 0 Å². The molecule has 11 aromatic carbocycles. The average Bonchev–Trinajstić information content (AvgIpc) is 4.02. The number of hydrogen-bond donors (Lipinski definition) is 0. The van der Waals surface area contributed by atoms with E-state index in [1.54, 1.807) is 0 Å². The largest absolute Gasteiger partial charge is 0.309 e. The summed E-state index contributed by atoms with van der Waals surface area (Å²) in [5, 5.41) is 12.6. The van der Waals surface area contributed by atoms with Gasteiger partial charge in [0.15, 0.2) is 0 Å². The molecule has 0 aliphatic carbocycles. The van der Waals surface area contributed by atoms with Gasteiger partial charge in [-0.1, -0.05) is 140 Å². The number of rotatable bonds is 5. The molecule has 0 amide bonds. The molecule has 0 fully saturated rings. The molecule has 0 saturated carbocycles. The van der Waals surface area contributed by atoms with Crippen molar-refractivity contribution < 1.29 is 0 Å². The first kappa shape index (κ1) is 35.9. The van der Waals surface area contributed by atoms with Gasteiger partial charge in [0, 0.05) is 49.4 Å². The highest BCUT2D eigenvalue weighted by molar-refractivity contribution is 6.23. The summed E-state index contributed by atoms with van der Waals surface area (Å²) >= 11 is 0. The fourth-order valence-electron chi connectivity index (χ4n) is 10.9. The number of para-hydroxylation sites is 3. The third-order valence-corrected chi connectivity index (χ3v) is 13.8. The second kappa shape index (κ2) is 13.9. The molecule has 0 saturated heterocycles. The predicted molar refractivity (Wildman–Crippen MR) is 275 cm³/mol. The van der Waals surface area contributed by atoms with E-state index in [2.05, 4.69) is 250 Å². The Balaban J connectivity index is 0.989. The van der Waals surface area contributed by atoms with Crippen LogP contribution in [0.1, 0.15) is 0 Å². The lowest BCUT2D eigenvalue weighted by Gasteiger charge is -2.09. The second-order valence-electron chi connectivity index (χ2n) is 17.3. The summed E-state index contributed by atoms with van der Waals surface area (Å²) in [4.78, 5) is 0. The Labute approximate surface area is 374 Å². The van der Waals surface area contributed by atoms with Crippen LogP contribution < -0.4 is 0 Å². The topological polar surface area (TPSA) is 14.8 Å². The molecule has 0 N–H and O–H groups in total. The van der Waals surface area contributed by atoms with Crippen molar-refractivity contribution in [3.8, 4) is 39.3 Å². The smallest absolute Gasteiger partial charge is 0.0547 e. The molecule has 0 bridgehead atoms. The Morgan fingerprint density at radius 3 is 0.877 bits per heavy atom. The van der Waals surface area contributed by atoms with Crippen LogP contribution in [-0.4, -0.2) is 13.7 Å². The zero-order chi connectivity index (χ0) is 42.6. The number of nitrogens with zero attached hydrogens (tertiary/aromatic N) is 3. The quantitative estimate of drug-likeness (QED) is 0.164. The van der Waals surface area contributed by atoms with Crippen molar-refractivity contribution in [3.63, 3.8) is 0 Å². The van der Waals surface area contributed by atoms with Crippen LogP contribution in [0.2, 0.25) is 0 Å². The van der Waals surface area contributed by atoms with Crippen molar-refractivity contribution in [2.45, 2.75) is 0 Å². The third kappa shape index (κ3) is 5.36. The van der Waals surface area contributed by atoms with Crippen LogP contribution in [0, 0.1) is 0 Å². The summed E-state index contributed by atoms with van der Waals surface area (Å²) in [5.74, 6) is 0. The number of hydrogen-bond acceptors (Lipinski definition) is 0. The standard InChI is InChI=1S/C62H39N3/c1-4-16-46(17-5-1)63-55-30-26-42(44-28-32-57-53(38-44)61-49-22-12-10-14-40(49)24-34-59(61)64(57)47-18-6-2-7-19-47)36-51(55)52-37-43(27-31-56(52)63)45-29-33-58-54(39-45)62-50-23-13-11-15-41(50)25-35-60(62)65(58)48-20-8-3-9-21-48/h1-39H. The van der Waals surface area contributed by atoms with E-state index in [4.69, 9.17) is 0 Å². The lowest BCUT2D eigenvalue weighted by atomic mass is 9.97. The van der Waals surface area contributed by atoms with Gasteiger partial charge in [-0.2, -0.15) is 0 Å². The highest BCUT2D eigenvalue weighted by atomic mass is 15.0. The molecule has 0 radical (unpaired) electrons. The van der Waals surface area contributed by atoms with Crippen molar-refractivity contribution in [3.05, 3.63) is 237 Å². The minimum absolute atomic E-state index is 1.15. The Kier molecular flexibility index (Phi) is 7.69. The maximum absolute atomic E-state index is 2.42. The fourth-order valence-corrected chi connectivity index (χ4v) is 10.9. The lowest BCUT2D eigenvalue weighted by molar-refractivity contribution is 1.18. The molecule has 0 aliphatic rings. The van der Waals surface area contributed by atoms with E-state index >= 15 is 0 Å². The molecule has 0 unspecified atom stereocenters. The van der Waals surface area contributed by atoms with Gasteiger partial charge in [0.25, 0.3) is 0 Å². The lowest BCUT2D eigenvalue weighted by Crippen LogP contribution is -1.93. The second-order valence-corrected chi connectivity index (χ2v) is 17.3. The molecule has 3 heterocycles. The van der Waals surface area contributed by atoms with Crippen LogP contribution in [0.15, 0.2) is 237 Å². The van der Waals surface area contributed by atoms with Crippen LogP contribution in [0.25, 0.3) is 126 Å². The molecule has 0 spiro atoms. The van der Waals surface area contributed by atoms with E-state index in [0.717, 1.165) is 17.1 Å². The van der Waals surface area contributed by atoms with Gasteiger partial charge in [-0.3, -0.25) is 0 Å². The molecule has 0 aliphatic heterocycles. The molecular formula is C62H39N3. The monoisotopic (exact) mass is 825 g/mol. The summed E-state index contributed by atoms with van der Waals surface area (Å²) in [6.07, 6.45) is 0. The van der Waals surface area contributed by atoms with E-state index < -0.39 is 0 Å². The highest BCUT2D eigenvalue weighted by Crippen LogP contribution is 2.43. The minimum Gasteiger partial charge on any atom is -0.309 e. The highest BCUT2D eigenvalue weighted by Gasteiger charge is 2.20. The van der Waals surface area contributed by atoms with Gasteiger partial charge in [0.2, 0.25) is 0 Å². The van der Waals surface area contributed by atoms with E-state index in [-0.39, 0.29) is 0 Å². The summed E-state index contributed by atoms with van der Waals surface area (Å²) < 4.78 is 7.25. The zero-order valence-corrected chi connectivity index (χ0v) is 35.4. The molecule has 3 aromatic heterocycles. The first-order valence-electron chi connectivity index (χ1n) is 22.4. The molecule has 3 nitrogen and oxygen atoms in total. The SMILES string of the molecule is c1ccc(-n2c3ccc(-c4ccc5c(c4)c4c6ccccc6ccc4n5-c4ccccc4)cc3c3cc(-c4ccc5c(c4)c4c6ccccc6ccc4n5-c4ccccc4)ccc32)cc1. The summed E-state index contributed by atoms with van der Waals surface area (Å²) in [6.45, 7) is 0.